The fourth-order valence-electron chi connectivity index (χ4n) is 1.44. The molecule has 1 saturated heterocycles. The minimum Gasteiger partial charge on any atom is -0.381 e. The van der Waals surface area contributed by atoms with Crippen LogP contribution in [0.15, 0.2) is 0 Å². The van der Waals surface area contributed by atoms with Crippen LogP contribution in [0, 0.1) is 11.3 Å². The summed E-state index contributed by atoms with van der Waals surface area (Å²) in [5, 5.41) is 11.7. The van der Waals surface area contributed by atoms with Crippen LogP contribution in [0.1, 0.15) is 25.7 Å². The van der Waals surface area contributed by atoms with Crippen LogP contribution in [0.5, 0.6) is 0 Å². The first-order valence-electron chi connectivity index (χ1n) is 4.61. The van der Waals surface area contributed by atoms with Gasteiger partial charge in [-0.3, -0.25) is 0 Å². The molecular weight excluding hydrogens is 152 g/mol. The van der Waals surface area contributed by atoms with Gasteiger partial charge in [-0.05, 0) is 19.3 Å². The summed E-state index contributed by atoms with van der Waals surface area (Å²) < 4.78 is 5.33. The molecule has 3 nitrogen and oxygen atoms in total. The molecule has 0 spiro atoms. The molecule has 0 aliphatic carbocycles. The van der Waals surface area contributed by atoms with E-state index in [1.807, 2.05) is 0 Å². The van der Waals surface area contributed by atoms with Crippen molar-refractivity contribution in [3.63, 3.8) is 0 Å². The maximum absolute atomic E-state index is 8.34. The number of ether oxygens (including phenoxy) is 1. The van der Waals surface area contributed by atoms with Crippen molar-refractivity contribution >= 4 is 0 Å². The van der Waals surface area contributed by atoms with Gasteiger partial charge < -0.3 is 10.1 Å². The molecule has 1 rings (SSSR count). The van der Waals surface area contributed by atoms with Crippen molar-refractivity contribution in [2.24, 2.45) is 0 Å². The summed E-state index contributed by atoms with van der Waals surface area (Å²) in [6.07, 6.45) is 4.03. The molecule has 1 N–H and O–H groups in total. The summed E-state index contributed by atoms with van der Waals surface area (Å²) in [7, 11) is 0. The van der Waals surface area contributed by atoms with Crippen LogP contribution < -0.4 is 5.32 Å². The largest absolute Gasteiger partial charge is 0.381 e. The molecule has 0 saturated carbocycles. The molecule has 0 amide bonds. The number of nitriles is 1. The van der Waals surface area contributed by atoms with Crippen molar-refractivity contribution in [1.82, 2.24) is 5.32 Å². The Balaban J connectivity index is 2.08. The van der Waals surface area contributed by atoms with E-state index in [1.165, 1.54) is 6.42 Å². The predicted octanol–water partition coefficient (Wildman–Crippen LogP) is 1.06. The molecule has 1 heterocycles. The Bertz CT molecular complexity index is 145. The standard InChI is InChI=1S/C9H16N2O/c10-5-2-6-11-9-3-1-7-12-8-4-9/h9,11H,1-4,6-8H2. The molecule has 0 aromatic heterocycles. The van der Waals surface area contributed by atoms with Gasteiger partial charge in [-0.1, -0.05) is 0 Å². The number of nitrogens with one attached hydrogen (secondary N) is 1. The van der Waals surface area contributed by atoms with E-state index in [4.69, 9.17) is 10.00 Å². The summed E-state index contributed by atoms with van der Waals surface area (Å²) in [4.78, 5) is 0. The number of hydrogen-bond donors (Lipinski definition) is 1. The Labute approximate surface area is 73.7 Å². The Morgan fingerprint density at radius 2 is 2.33 bits per heavy atom. The third-order valence-electron chi connectivity index (χ3n) is 2.12. The molecule has 0 bridgehead atoms. The van der Waals surface area contributed by atoms with Crippen molar-refractivity contribution in [2.75, 3.05) is 19.8 Å². The first-order chi connectivity index (χ1) is 5.93. The fourth-order valence-corrected chi connectivity index (χ4v) is 1.44. The van der Waals surface area contributed by atoms with Gasteiger partial charge in [0.05, 0.1) is 6.07 Å². The predicted molar refractivity (Wildman–Crippen MR) is 46.7 cm³/mol. The zero-order valence-electron chi connectivity index (χ0n) is 7.38. The maximum Gasteiger partial charge on any atom is 0.0635 e. The molecule has 1 fully saturated rings. The Morgan fingerprint density at radius 1 is 1.42 bits per heavy atom. The van der Waals surface area contributed by atoms with Gasteiger partial charge in [0.2, 0.25) is 0 Å². The maximum atomic E-state index is 8.34. The van der Waals surface area contributed by atoms with Crippen molar-refractivity contribution in [3.8, 4) is 6.07 Å². The zero-order chi connectivity index (χ0) is 8.65. The topological polar surface area (TPSA) is 45.0 Å². The van der Waals surface area contributed by atoms with E-state index < -0.39 is 0 Å². The molecule has 0 aromatic carbocycles. The lowest BCUT2D eigenvalue weighted by atomic mass is 10.1. The minimum absolute atomic E-state index is 0.570. The van der Waals surface area contributed by atoms with Crippen LogP contribution in [-0.2, 0) is 4.74 Å². The van der Waals surface area contributed by atoms with Gasteiger partial charge in [0.1, 0.15) is 0 Å². The quantitative estimate of drug-likeness (QED) is 0.641. The van der Waals surface area contributed by atoms with E-state index in [-0.39, 0.29) is 0 Å². The van der Waals surface area contributed by atoms with E-state index in [9.17, 15) is 0 Å². The molecular formula is C9H16N2O. The minimum atomic E-state index is 0.570. The van der Waals surface area contributed by atoms with Crippen LogP contribution in [0.25, 0.3) is 0 Å². The highest BCUT2D eigenvalue weighted by Gasteiger charge is 2.10. The normalized spacial score (nSPS) is 24.4. The van der Waals surface area contributed by atoms with Crippen LogP contribution >= 0.6 is 0 Å². The zero-order valence-corrected chi connectivity index (χ0v) is 7.38. The number of hydrogen-bond acceptors (Lipinski definition) is 3. The van der Waals surface area contributed by atoms with Gasteiger partial charge in [0.25, 0.3) is 0 Å². The summed E-state index contributed by atoms with van der Waals surface area (Å²) >= 11 is 0. The van der Waals surface area contributed by atoms with E-state index in [1.54, 1.807) is 0 Å². The summed E-state index contributed by atoms with van der Waals surface area (Å²) in [6.45, 7) is 2.59. The molecule has 3 heteroatoms. The first-order valence-corrected chi connectivity index (χ1v) is 4.61. The highest BCUT2D eigenvalue weighted by atomic mass is 16.5. The van der Waals surface area contributed by atoms with Crippen molar-refractivity contribution in [3.05, 3.63) is 0 Å². The van der Waals surface area contributed by atoms with E-state index >= 15 is 0 Å². The van der Waals surface area contributed by atoms with Gasteiger partial charge in [-0.25, -0.2) is 0 Å². The van der Waals surface area contributed by atoms with Gasteiger partial charge in [0.15, 0.2) is 0 Å². The second-order valence-corrected chi connectivity index (χ2v) is 3.10. The van der Waals surface area contributed by atoms with Crippen molar-refractivity contribution in [2.45, 2.75) is 31.7 Å². The smallest absolute Gasteiger partial charge is 0.0635 e. The average molecular weight is 168 g/mol. The van der Waals surface area contributed by atoms with Crippen molar-refractivity contribution < 1.29 is 4.74 Å². The lowest BCUT2D eigenvalue weighted by Crippen LogP contribution is -2.29. The molecule has 1 atom stereocenters. The lowest BCUT2D eigenvalue weighted by Gasteiger charge is -2.13. The van der Waals surface area contributed by atoms with E-state index in [2.05, 4.69) is 11.4 Å². The molecule has 68 valence electrons. The van der Waals surface area contributed by atoms with Gasteiger partial charge in [-0.2, -0.15) is 5.26 Å². The van der Waals surface area contributed by atoms with Crippen LogP contribution in [0.4, 0.5) is 0 Å². The Hall–Kier alpha value is -0.590. The third-order valence-corrected chi connectivity index (χ3v) is 2.12. The summed E-state index contributed by atoms with van der Waals surface area (Å²) in [5.41, 5.74) is 0. The van der Waals surface area contributed by atoms with Gasteiger partial charge in [-0.15, -0.1) is 0 Å². The van der Waals surface area contributed by atoms with E-state index in [0.29, 0.717) is 12.5 Å². The molecule has 0 radical (unpaired) electrons. The van der Waals surface area contributed by atoms with E-state index in [0.717, 1.165) is 32.6 Å². The van der Waals surface area contributed by atoms with Gasteiger partial charge in [0, 0.05) is 32.2 Å². The number of rotatable bonds is 3. The molecule has 0 aromatic rings. The third kappa shape index (κ3) is 3.70. The van der Waals surface area contributed by atoms with Crippen molar-refractivity contribution in [1.29, 1.82) is 5.26 Å². The Kier molecular flexibility index (Phi) is 4.74. The summed E-state index contributed by atoms with van der Waals surface area (Å²) in [6, 6.07) is 2.70. The monoisotopic (exact) mass is 168 g/mol. The molecule has 12 heavy (non-hydrogen) atoms. The van der Waals surface area contributed by atoms with Crippen LogP contribution in [0.3, 0.4) is 0 Å². The Morgan fingerprint density at radius 3 is 3.17 bits per heavy atom. The number of nitrogens with zero attached hydrogens (tertiary/aromatic N) is 1. The second-order valence-electron chi connectivity index (χ2n) is 3.10. The van der Waals surface area contributed by atoms with Gasteiger partial charge >= 0.3 is 0 Å². The highest BCUT2D eigenvalue weighted by Crippen LogP contribution is 2.07. The SMILES string of the molecule is N#CCCNC1CCCOCC1. The summed E-state index contributed by atoms with van der Waals surface area (Å²) in [5.74, 6) is 0. The fraction of sp³-hybridized carbons (Fsp3) is 0.889. The van der Waals surface area contributed by atoms with Crippen LogP contribution in [-0.4, -0.2) is 25.8 Å². The molecule has 1 aliphatic heterocycles. The second kappa shape index (κ2) is 5.99. The molecule has 1 aliphatic rings. The molecule has 1 unspecified atom stereocenters. The van der Waals surface area contributed by atoms with Crippen LogP contribution in [0.2, 0.25) is 0 Å². The first kappa shape index (κ1) is 9.50. The average Bonchev–Trinajstić information content (AvgIpc) is 2.33. The highest BCUT2D eigenvalue weighted by molar-refractivity contribution is 4.74. The lowest BCUT2D eigenvalue weighted by molar-refractivity contribution is 0.142.